The zero-order valence-electron chi connectivity index (χ0n) is 18.5. The lowest BCUT2D eigenvalue weighted by Crippen LogP contribution is -2.64. The molecule has 3 aromatic rings. The number of piperidine rings is 3. The number of benzene rings is 3. The first kappa shape index (κ1) is 22.2. The number of nitrogens with zero attached hydrogens (tertiary/aromatic N) is 1. The molecule has 3 aliphatic heterocycles. The zero-order valence-corrected chi connectivity index (χ0v) is 18.5. The van der Waals surface area contributed by atoms with Gasteiger partial charge in [-0.2, -0.15) is 13.2 Å². The second kappa shape index (κ2) is 9.32. The summed E-state index contributed by atoms with van der Waals surface area (Å²) in [6, 6.07) is 27.5. The Balaban J connectivity index is 1.43. The van der Waals surface area contributed by atoms with Gasteiger partial charge in [-0.1, -0.05) is 72.8 Å². The SMILES string of the molecule is FC(F)(F)c1ccc(CN[C@@H]2C3CCN(CC3)[C@H]2C(c2ccccc2)c2ccccc2)cc1. The average molecular weight is 451 g/mol. The van der Waals surface area contributed by atoms with Crippen LogP contribution in [-0.2, 0) is 12.7 Å². The lowest BCUT2D eigenvalue weighted by molar-refractivity contribution is -0.137. The zero-order chi connectivity index (χ0) is 22.8. The molecule has 3 aliphatic rings. The van der Waals surface area contributed by atoms with E-state index < -0.39 is 11.7 Å². The molecule has 0 spiro atoms. The van der Waals surface area contributed by atoms with Crippen LogP contribution in [0.5, 0.6) is 0 Å². The Labute approximate surface area is 193 Å². The third kappa shape index (κ3) is 4.71. The minimum Gasteiger partial charge on any atom is -0.308 e. The summed E-state index contributed by atoms with van der Waals surface area (Å²) in [5.74, 6) is 0.810. The molecule has 0 aliphatic carbocycles. The molecule has 172 valence electrons. The Morgan fingerprint density at radius 3 is 1.85 bits per heavy atom. The molecule has 2 atom stereocenters. The van der Waals surface area contributed by atoms with Gasteiger partial charge in [-0.05, 0) is 60.7 Å². The van der Waals surface area contributed by atoms with E-state index in [-0.39, 0.29) is 12.0 Å². The van der Waals surface area contributed by atoms with Gasteiger partial charge in [0.2, 0.25) is 0 Å². The molecule has 3 aromatic carbocycles. The molecule has 33 heavy (non-hydrogen) atoms. The molecule has 2 nitrogen and oxygen atoms in total. The van der Waals surface area contributed by atoms with Crippen molar-refractivity contribution in [2.75, 3.05) is 13.1 Å². The highest BCUT2D eigenvalue weighted by Crippen LogP contribution is 2.42. The van der Waals surface area contributed by atoms with Crippen molar-refractivity contribution in [2.45, 2.75) is 43.6 Å². The second-order valence-electron chi connectivity index (χ2n) is 9.26. The molecule has 0 saturated carbocycles. The van der Waals surface area contributed by atoms with Crippen LogP contribution in [-0.4, -0.2) is 30.1 Å². The van der Waals surface area contributed by atoms with Gasteiger partial charge in [0.15, 0.2) is 0 Å². The monoisotopic (exact) mass is 450 g/mol. The summed E-state index contributed by atoms with van der Waals surface area (Å²) in [5, 5.41) is 3.77. The Kier molecular flexibility index (Phi) is 6.26. The maximum absolute atomic E-state index is 12.9. The second-order valence-corrected chi connectivity index (χ2v) is 9.26. The van der Waals surface area contributed by atoms with E-state index in [2.05, 4.69) is 70.9 Å². The van der Waals surface area contributed by atoms with Crippen molar-refractivity contribution in [3.8, 4) is 0 Å². The van der Waals surface area contributed by atoms with E-state index in [9.17, 15) is 13.2 Å². The van der Waals surface area contributed by atoms with Gasteiger partial charge in [0.25, 0.3) is 0 Å². The molecule has 6 rings (SSSR count). The third-order valence-corrected chi connectivity index (χ3v) is 7.35. The fourth-order valence-electron chi connectivity index (χ4n) is 5.74. The Morgan fingerprint density at radius 1 is 0.788 bits per heavy atom. The van der Waals surface area contributed by atoms with E-state index in [4.69, 9.17) is 0 Å². The maximum atomic E-state index is 12.9. The third-order valence-electron chi connectivity index (χ3n) is 7.35. The van der Waals surface area contributed by atoms with E-state index in [0.717, 1.165) is 31.5 Å². The molecule has 0 aromatic heterocycles. The highest BCUT2D eigenvalue weighted by atomic mass is 19.4. The van der Waals surface area contributed by atoms with Crippen LogP contribution in [0.4, 0.5) is 13.2 Å². The van der Waals surface area contributed by atoms with E-state index in [1.165, 1.54) is 23.3 Å². The molecule has 1 N–H and O–H groups in total. The predicted molar refractivity (Wildman–Crippen MR) is 125 cm³/mol. The first-order chi connectivity index (χ1) is 16.0. The van der Waals surface area contributed by atoms with Gasteiger partial charge < -0.3 is 5.32 Å². The number of alkyl halides is 3. The Bertz CT molecular complexity index is 987. The van der Waals surface area contributed by atoms with Crippen LogP contribution in [0.3, 0.4) is 0 Å². The van der Waals surface area contributed by atoms with Gasteiger partial charge in [-0.3, -0.25) is 4.90 Å². The van der Waals surface area contributed by atoms with Crippen molar-refractivity contribution in [1.82, 2.24) is 10.2 Å². The molecule has 3 fully saturated rings. The van der Waals surface area contributed by atoms with Crippen molar-refractivity contribution < 1.29 is 13.2 Å². The van der Waals surface area contributed by atoms with Gasteiger partial charge in [0.05, 0.1) is 5.56 Å². The molecule has 2 bridgehead atoms. The lowest BCUT2D eigenvalue weighted by Gasteiger charge is -2.54. The smallest absolute Gasteiger partial charge is 0.308 e. The van der Waals surface area contributed by atoms with E-state index >= 15 is 0 Å². The first-order valence-electron chi connectivity index (χ1n) is 11.7. The molecule has 3 saturated heterocycles. The summed E-state index contributed by atoms with van der Waals surface area (Å²) in [5.41, 5.74) is 2.90. The van der Waals surface area contributed by atoms with Gasteiger partial charge in [-0.25, -0.2) is 0 Å². The van der Waals surface area contributed by atoms with Crippen molar-refractivity contribution >= 4 is 0 Å². The standard InChI is InChI=1S/C28H29F3N2/c29-28(30,31)24-13-11-20(12-14-24)19-32-26-23-15-17-33(18-16-23)27(26)25(21-7-3-1-4-8-21)22-9-5-2-6-10-22/h1-14,23,25-27,32H,15-19H2/t26-,27+/m1/s1. The first-order valence-corrected chi connectivity index (χ1v) is 11.7. The van der Waals surface area contributed by atoms with Crippen molar-refractivity contribution in [3.05, 3.63) is 107 Å². The molecule has 3 heterocycles. The summed E-state index contributed by atoms with van der Waals surface area (Å²) >= 11 is 0. The minimum atomic E-state index is -4.30. The minimum absolute atomic E-state index is 0.237. The summed E-state index contributed by atoms with van der Waals surface area (Å²) in [6.07, 6.45) is -1.97. The van der Waals surface area contributed by atoms with Crippen molar-refractivity contribution in [1.29, 1.82) is 0 Å². The normalized spacial score (nSPS) is 24.8. The highest BCUT2D eigenvalue weighted by Gasteiger charge is 2.46. The van der Waals surface area contributed by atoms with Crippen LogP contribution in [0.1, 0.15) is 41.0 Å². The number of fused-ring (bicyclic) bond motifs is 3. The van der Waals surface area contributed by atoms with Crippen molar-refractivity contribution in [2.24, 2.45) is 5.92 Å². The van der Waals surface area contributed by atoms with Gasteiger partial charge >= 0.3 is 6.18 Å². The number of hydrogen-bond acceptors (Lipinski definition) is 2. The lowest BCUT2D eigenvalue weighted by atomic mass is 9.70. The van der Waals surface area contributed by atoms with E-state index in [1.807, 2.05) is 0 Å². The van der Waals surface area contributed by atoms with E-state index in [0.29, 0.717) is 18.5 Å². The van der Waals surface area contributed by atoms with Crippen molar-refractivity contribution in [3.63, 3.8) is 0 Å². The molecule has 0 unspecified atom stereocenters. The summed E-state index contributed by atoms with van der Waals surface area (Å²) in [6.45, 7) is 2.77. The largest absolute Gasteiger partial charge is 0.416 e. The fourth-order valence-corrected chi connectivity index (χ4v) is 5.74. The fraction of sp³-hybridized carbons (Fsp3) is 0.357. The van der Waals surface area contributed by atoms with Crippen LogP contribution in [0, 0.1) is 5.92 Å². The molecule has 0 amide bonds. The number of halogens is 3. The van der Waals surface area contributed by atoms with Crippen LogP contribution >= 0.6 is 0 Å². The quantitative estimate of drug-likeness (QED) is 0.489. The van der Waals surface area contributed by atoms with E-state index in [1.54, 1.807) is 12.1 Å². The predicted octanol–water partition coefficient (Wildman–Crippen LogP) is 6.09. The molecule has 0 radical (unpaired) electrons. The van der Waals surface area contributed by atoms with Crippen LogP contribution in [0.15, 0.2) is 84.9 Å². The molecular formula is C28H29F3N2. The summed E-state index contributed by atoms with van der Waals surface area (Å²) in [4.78, 5) is 2.62. The van der Waals surface area contributed by atoms with Crippen LogP contribution in [0.25, 0.3) is 0 Å². The van der Waals surface area contributed by atoms with Gasteiger partial charge in [0, 0.05) is 24.5 Å². The Morgan fingerprint density at radius 2 is 1.33 bits per heavy atom. The number of rotatable bonds is 6. The van der Waals surface area contributed by atoms with Gasteiger partial charge in [0.1, 0.15) is 0 Å². The summed E-state index contributed by atoms with van der Waals surface area (Å²) in [7, 11) is 0. The topological polar surface area (TPSA) is 15.3 Å². The number of nitrogens with one attached hydrogen (secondary N) is 1. The highest BCUT2D eigenvalue weighted by molar-refractivity contribution is 5.36. The summed E-state index contributed by atoms with van der Waals surface area (Å²) < 4.78 is 38.8. The average Bonchev–Trinajstić information content (AvgIpc) is 2.85. The van der Waals surface area contributed by atoms with Gasteiger partial charge in [-0.15, -0.1) is 0 Å². The maximum Gasteiger partial charge on any atom is 0.416 e. The Hall–Kier alpha value is -2.63. The molecular weight excluding hydrogens is 421 g/mol. The van der Waals surface area contributed by atoms with Crippen LogP contribution < -0.4 is 5.32 Å². The van der Waals surface area contributed by atoms with Crippen LogP contribution in [0.2, 0.25) is 0 Å². The number of hydrogen-bond donors (Lipinski definition) is 1. The molecule has 5 heteroatoms.